The van der Waals surface area contributed by atoms with Crippen molar-refractivity contribution >= 4 is 21.7 Å². The largest absolute Gasteiger partial charge is 0.480 e. The molecule has 0 aliphatic carbocycles. The van der Waals surface area contributed by atoms with Crippen molar-refractivity contribution in [1.82, 2.24) is 14.5 Å². The smallest absolute Gasteiger partial charge is 0.265 e. The predicted octanol–water partition coefficient (Wildman–Crippen LogP) is 1.84. The average Bonchev–Trinajstić information content (AvgIpc) is 3.37. The van der Waals surface area contributed by atoms with Gasteiger partial charge in [0.2, 0.25) is 0 Å². The number of ether oxygens (including phenoxy) is 2. The first-order valence-electron chi connectivity index (χ1n) is 11.5. The minimum Gasteiger partial charge on any atom is -0.480 e. The highest BCUT2D eigenvalue weighted by atomic mass is 32.2. The van der Waals surface area contributed by atoms with E-state index in [-0.39, 0.29) is 28.9 Å². The molecule has 1 saturated heterocycles. The summed E-state index contributed by atoms with van der Waals surface area (Å²) in [6, 6.07) is 11.1. The molecular formula is C25H28N4O7S. The fraction of sp³-hybridized carbons (Fsp3) is 0.320. The monoisotopic (exact) mass is 528 g/mol. The average molecular weight is 529 g/mol. The molecule has 2 amide bonds. The Morgan fingerprint density at radius 3 is 2.49 bits per heavy atom. The molecule has 1 fully saturated rings. The summed E-state index contributed by atoms with van der Waals surface area (Å²) in [5.74, 6) is 0.177. The van der Waals surface area contributed by atoms with Crippen molar-refractivity contribution in [2.75, 3.05) is 19.8 Å². The van der Waals surface area contributed by atoms with Crippen LogP contribution in [0.1, 0.15) is 23.8 Å². The number of nitrogens with two attached hydrogens (primary N) is 1. The maximum absolute atomic E-state index is 12.4. The molecule has 11 nitrogen and oxygen atoms in total. The highest BCUT2D eigenvalue weighted by molar-refractivity contribution is 7.90. The maximum Gasteiger partial charge on any atom is 0.265 e. The fourth-order valence-electron chi connectivity index (χ4n) is 4.09. The molecule has 1 unspecified atom stereocenters. The number of benzene rings is 1. The third-order valence-electron chi connectivity index (χ3n) is 5.84. The molecule has 0 spiro atoms. The molecule has 1 aromatic carbocycles. The summed E-state index contributed by atoms with van der Waals surface area (Å²) < 4.78 is 37.0. The first-order chi connectivity index (χ1) is 17.4. The van der Waals surface area contributed by atoms with Gasteiger partial charge in [-0.3, -0.25) is 9.59 Å². The summed E-state index contributed by atoms with van der Waals surface area (Å²) in [5.41, 5.74) is 6.92. The van der Waals surface area contributed by atoms with Gasteiger partial charge in [-0.1, -0.05) is 0 Å². The van der Waals surface area contributed by atoms with Gasteiger partial charge in [-0.2, -0.15) is 0 Å². The summed E-state index contributed by atoms with van der Waals surface area (Å²) >= 11 is 0. The number of carbonyl (C=O) groups excluding carboxylic acids is 2. The van der Waals surface area contributed by atoms with Crippen molar-refractivity contribution in [2.24, 2.45) is 5.73 Å². The van der Waals surface area contributed by atoms with Crippen molar-refractivity contribution in [3.05, 3.63) is 54.4 Å². The molecule has 0 bridgehead atoms. The minimum atomic E-state index is -3.47. The van der Waals surface area contributed by atoms with Crippen molar-refractivity contribution in [3.8, 4) is 28.5 Å². The van der Waals surface area contributed by atoms with E-state index in [1.54, 1.807) is 53.8 Å². The number of hydrogen-bond acceptors (Lipinski definition) is 8. The molecule has 2 atom stereocenters. The zero-order valence-corrected chi connectivity index (χ0v) is 21.4. The second-order valence-corrected chi connectivity index (χ2v) is 10.9. The Morgan fingerprint density at radius 1 is 1.19 bits per heavy atom. The van der Waals surface area contributed by atoms with E-state index in [2.05, 4.69) is 4.98 Å². The zero-order chi connectivity index (χ0) is 26.9. The molecule has 0 radical (unpaired) electrons. The predicted molar refractivity (Wildman–Crippen MR) is 134 cm³/mol. The number of carbonyl (C=O) groups is 2. The van der Waals surface area contributed by atoms with Crippen molar-refractivity contribution < 1.29 is 32.6 Å². The van der Waals surface area contributed by atoms with E-state index in [9.17, 15) is 23.1 Å². The lowest BCUT2D eigenvalue weighted by Crippen LogP contribution is -2.29. The van der Waals surface area contributed by atoms with Gasteiger partial charge in [0, 0.05) is 50.1 Å². The number of nitrogens with zero attached hydrogens (tertiary/aromatic N) is 3. The van der Waals surface area contributed by atoms with Gasteiger partial charge < -0.3 is 29.8 Å². The van der Waals surface area contributed by atoms with Crippen LogP contribution in [0.4, 0.5) is 0 Å². The molecule has 3 heterocycles. The Labute approximate surface area is 214 Å². The lowest BCUT2D eigenvalue weighted by Gasteiger charge is -2.18. The number of aliphatic hydroxyl groups is 1. The Morgan fingerprint density at radius 2 is 1.92 bits per heavy atom. The van der Waals surface area contributed by atoms with Gasteiger partial charge in [0.15, 0.2) is 21.0 Å². The van der Waals surface area contributed by atoms with Crippen LogP contribution in [0, 0.1) is 0 Å². The first-order valence-corrected chi connectivity index (χ1v) is 13.4. The van der Waals surface area contributed by atoms with Crippen LogP contribution in [0.25, 0.3) is 11.3 Å². The molecule has 2 aromatic heterocycles. The molecular weight excluding hydrogens is 500 g/mol. The van der Waals surface area contributed by atoms with Crippen LogP contribution < -0.4 is 15.2 Å². The van der Waals surface area contributed by atoms with Gasteiger partial charge in [-0.15, -0.1) is 0 Å². The molecule has 196 valence electrons. The van der Waals surface area contributed by atoms with E-state index in [1.807, 2.05) is 0 Å². The van der Waals surface area contributed by atoms with Crippen LogP contribution in [0.3, 0.4) is 0 Å². The van der Waals surface area contributed by atoms with Gasteiger partial charge in [0.25, 0.3) is 11.8 Å². The van der Waals surface area contributed by atoms with E-state index >= 15 is 0 Å². The number of primary amides is 1. The molecule has 4 rings (SSSR count). The number of sulfone groups is 1. The normalized spacial score (nSPS) is 16.6. The lowest BCUT2D eigenvalue weighted by atomic mass is 10.1. The van der Waals surface area contributed by atoms with Crippen molar-refractivity contribution in [1.29, 1.82) is 0 Å². The Bertz CT molecular complexity index is 1430. The molecule has 3 N–H and O–H groups in total. The van der Waals surface area contributed by atoms with Gasteiger partial charge in [0.05, 0.1) is 12.3 Å². The Kier molecular flexibility index (Phi) is 7.23. The maximum atomic E-state index is 12.4. The standard InChI is InChI=1S/C25H28N4O7S/c1-15(30)14-29-20(5-6-21(29)24(26)31)16-10-18(35-17-4-7-23(27-13-17)37(3,33)34)12-19(11-16)36-22-8-9-28(2)25(22)32/h4-7,10-13,15,22,30H,8-9,14H2,1-3H3,(H2,26,31)/t15-,22?/m1/s1. The molecule has 1 aliphatic rings. The minimum absolute atomic E-state index is 0.0866. The third-order valence-corrected chi connectivity index (χ3v) is 6.84. The molecule has 3 aromatic rings. The van der Waals surface area contributed by atoms with Crippen molar-refractivity contribution in [2.45, 2.75) is 37.1 Å². The highest BCUT2D eigenvalue weighted by Crippen LogP contribution is 2.35. The van der Waals surface area contributed by atoms with Crippen LogP contribution in [0.15, 0.2) is 53.7 Å². The van der Waals surface area contributed by atoms with Gasteiger partial charge in [-0.25, -0.2) is 13.4 Å². The number of hydrogen-bond donors (Lipinski definition) is 2. The molecule has 12 heteroatoms. The number of rotatable bonds is 9. The van der Waals surface area contributed by atoms with Crippen LogP contribution in [-0.2, 0) is 21.2 Å². The summed E-state index contributed by atoms with van der Waals surface area (Å²) in [6.07, 6.45) is 1.46. The van der Waals surface area contributed by atoms with Crippen LogP contribution in [0.5, 0.6) is 17.2 Å². The SMILES string of the molecule is C[C@@H](O)Cn1c(C(N)=O)ccc1-c1cc(Oc2ccc(S(C)(=O)=O)nc2)cc(OC2CCN(C)C2=O)c1. The zero-order valence-electron chi connectivity index (χ0n) is 20.6. The van der Waals surface area contributed by atoms with E-state index in [0.717, 1.165) is 6.26 Å². The van der Waals surface area contributed by atoms with Gasteiger partial charge >= 0.3 is 0 Å². The van der Waals surface area contributed by atoms with Crippen molar-refractivity contribution in [3.63, 3.8) is 0 Å². The molecule has 37 heavy (non-hydrogen) atoms. The van der Waals surface area contributed by atoms with Crippen LogP contribution in [0.2, 0.25) is 0 Å². The number of likely N-dealkylation sites (N-methyl/N-ethyl adjacent to an activating group) is 1. The van der Waals surface area contributed by atoms with E-state index in [0.29, 0.717) is 35.7 Å². The number of likely N-dealkylation sites (tertiary alicyclic amines) is 1. The van der Waals surface area contributed by atoms with E-state index < -0.39 is 28.0 Å². The van der Waals surface area contributed by atoms with Gasteiger partial charge in [0.1, 0.15) is 22.9 Å². The summed E-state index contributed by atoms with van der Waals surface area (Å²) in [4.78, 5) is 30.0. The van der Waals surface area contributed by atoms with Crippen LogP contribution in [-0.4, -0.2) is 71.8 Å². The number of amides is 2. The molecule has 1 aliphatic heterocycles. The summed E-state index contributed by atoms with van der Waals surface area (Å²) in [7, 11) is -1.76. The van der Waals surface area contributed by atoms with Crippen LogP contribution >= 0.6 is 0 Å². The Balaban J connectivity index is 1.75. The van der Waals surface area contributed by atoms with E-state index in [1.165, 1.54) is 18.3 Å². The second kappa shape index (κ2) is 10.2. The topological polar surface area (TPSA) is 154 Å². The second-order valence-electron chi connectivity index (χ2n) is 8.98. The first kappa shape index (κ1) is 26.2. The summed E-state index contributed by atoms with van der Waals surface area (Å²) in [5, 5.41) is 9.93. The van der Waals surface area contributed by atoms with E-state index in [4.69, 9.17) is 15.2 Å². The fourth-order valence-corrected chi connectivity index (χ4v) is 4.65. The number of aliphatic hydroxyl groups excluding tert-OH is 1. The van der Waals surface area contributed by atoms with Gasteiger partial charge in [-0.05, 0) is 43.3 Å². The summed E-state index contributed by atoms with van der Waals surface area (Å²) in [6.45, 7) is 2.28. The Hall–Kier alpha value is -3.90. The number of pyridine rings is 1. The quantitative estimate of drug-likeness (QED) is 0.426. The highest BCUT2D eigenvalue weighted by Gasteiger charge is 2.31. The number of aromatic nitrogens is 2. The molecule has 0 saturated carbocycles. The lowest BCUT2D eigenvalue weighted by molar-refractivity contribution is -0.132. The third kappa shape index (κ3) is 5.92.